The molecule has 0 saturated carbocycles. The number of nitrogens with two attached hydrogens (primary N) is 1. The molecule has 0 radical (unpaired) electrons. The van der Waals surface area contributed by atoms with Gasteiger partial charge in [0, 0.05) is 5.56 Å². The van der Waals surface area contributed by atoms with Crippen LogP contribution >= 0.6 is 0 Å². The van der Waals surface area contributed by atoms with E-state index in [1.165, 1.54) is 0 Å². The van der Waals surface area contributed by atoms with Gasteiger partial charge in [-0.2, -0.15) is 0 Å². The second-order valence-corrected chi connectivity index (χ2v) is 4.85. The predicted octanol–water partition coefficient (Wildman–Crippen LogP) is 1.90. The molecule has 21 heavy (non-hydrogen) atoms. The number of anilines is 1. The number of hydrogen-bond acceptors (Lipinski definition) is 3. The first-order valence-corrected chi connectivity index (χ1v) is 6.60. The van der Waals surface area contributed by atoms with E-state index in [4.69, 9.17) is 15.9 Å². The highest BCUT2D eigenvalue weighted by atomic mass is 16.5. The molecule has 1 amide bonds. The van der Waals surface area contributed by atoms with Gasteiger partial charge in [0.2, 0.25) is 0 Å². The minimum Gasteiger partial charge on any atom is -0.482 e. The molecule has 1 aliphatic heterocycles. The number of benzene rings is 2. The lowest BCUT2D eigenvalue weighted by molar-refractivity contribution is -0.121. The molecule has 1 heterocycles. The number of nitrogens with zero attached hydrogens (tertiary/aromatic N) is 1. The first kappa shape index (κ1) is 13.2. The van der Waals surface area contributed by atoms with Crippen LogP contribution < -0.4 is 15.4 Å². The van der Waals surface area contributed by atoms with E-state index in [9.17, 15) is 4.79 Å². The molecule has 0 spiro atoms. The number of amidine groups is 1. The molecule has 0 aromatic heterocycles. The molecule has 0 bridgehead atoms. The van der Waals surface area contributed by atoms with E-state index in [1.807, 2.05) is 36.4 Å². The Bertz CT molecular complexity index is 695. The van der Waals surface area contributed by atoms with Crippen LogP contribution in [-0.2, 0) is 11.3 Å². The average Bonchev–Trinajstić information content (AvgIpc) is 2.51. The molecule has 2 aromatic rings. The summed E-state index contributed by atoms with van der Waals surface area (Å²) >= 11 is 0. The van der Waals surface area contributed by atoms with Crippen molar-refractivity contribution in [1.29, 1.82) is 5.41 Å². The number of nitrogens with one attached hydrogen (secondary N) is 1. The highest BCUT2D eigenvalue weighted by molar-refractivity contribution is 5.98. The topological polar surface area (TPSA) is 79.4 Å². The van der Waals surface area contributed by atoms with Crippen LogP contribution in [0, 0.1) is 5.41 Å². The molecule has 0 saturated heterocycles. The summed E-state index contributed by atoms with van der Waals surface area (Å²) in [6, 6.07) is 14.8. The zero-order chi connectivity index (χ0) is 14.8. The van der Waals surface area contributed by atoms with Crippen molar-refractivity contribution in [2.24, 2.45) is 5.73 Å². The first-order chi connectivity index (χ1) is 10.1. The third-order valence-corrected chi connectivity index (χ3v) is 3.41. The summed E-state index contributed by atoms with van der Waals surface area (Å²) < 4.78 is 5.42. The van der Waals surface area contributed by atoms with Crippen LogP contribution in [-0.4, -0.2) is 18.3 Å². The van der Waals surface area contributed by atoms with Gasteiger partial charge >= 0.3 is 0 Å². The number of rotatable bonds is 3. The van der Waals surface area contributed by atoms with E-state index in [0.29, 0.717) is 12.1 Å². The lowest BCUT2D eigenvalue weighted by Crippen LogP contribution is -2.38. The van der Waals surface area contributed by atoms with Crippen LogP contribution in [0.2, 0.25) is 0 Å². The van der Waals surface area contributed by atoms with E-state index in [-0.39, 0.29) is 18.3 Å². The highest BCUT2D eigenvalue weighted by Gasteiger charge is 2.24. The molecule has 2 aromatic carbocycles. The standard InChI is InChI=1S/C16H15N3O2/c17-16(18)12-7-5-11(6-8-12)9-19-13-3-1-2-4-14(13)21-10-15(19)20/h1-8H,9-10H2,(H3,17,18). The second kappa shape index (κ2) is 5.28. The summed E-state index contributed by atoms with van der Waals surface area (Å²) in [6.45, 7) is 0.528. The number of hydrogen-bond donors (Lipinski definition) is 2. The molecule has 0 fully saturated rings. The van der Waals surface area contributed by atoms with Crippen LogP contribution in [0.1, 0.15) is 11.1 Å². The fraction of sp³-hybridized carbons (Fsp3) is 0.125. The van der Waals surface area contributed by atoms with E-state index in [1.54, 1.807) is 17.0 Å². The molecule has 1 aliphatic rings. The van der Waals surface area contributed by atoms with Crippen molar-refractivity contribution in [3.8, 4) is 5.75 Å². The third kappa shape index (κ3) is 2.58. The summed E-state index contributed by atoms with van der Waals surface area (Å²) in [5, 5.41) is 7.38. The fourth-order valence-electron chi connectivity index (χ4n) is 2.30. The van der Waals surface area contributed by atoms with Gasteiger partial charge in [0.1, 0.15) is 11.6 Å². The Hall–Kier alpha value is -2.82. The molecule has 106 valence electrons. The largest absolute Gasteiger partial charge is 0.482 e. The number of amides is 1. The Balaban J connectivity index is 1.87. The Morgan fingerprint density at radius 1 is 1.19 bits per heavy atom. The monoisotopic (exact) mass is 281 g/mol. The number of fused-ring (bicyclic) bond motifs is 1. The molecule has 3 rings (SSSR count). The number of ether oxygens (including phenoxy) is 1. The van der Waals surface area contributed by atoms with Crippen molar-refractivity contribution < 1.29 is 9.53 Å². The minimum absolute atomic E-state index is 0.0364. The Morgan fingerprint density at radius 2 is 1.90 bits per heavy atom. The van der Waals surface area contributed by atoms with Crippen LogP contribution in [0.25, 0.3) is 0 Å². The van der Waals surface area contributed by atoms with Crippen molar-refractivity contribution in [2.75, 3.05) is 11.5 Å². The summed E-state index contributed by atoms with van der Waals surface area (Å²) in [5.41, 5.74) is 7.87. The van der Waals surface area contributed by atoms with E-state index >= 15 is 0 Å². The zero-order valence-corrected chi connectivity index (χ0v) is 11.4. The maximum Gasteiger partial charge on any atom is 0.265 e. The van der Waals surface area contributed by atoms with Crippen LogP contribution in [0.3, 0.4) is 0 Å². The maximum atomic E-state index is 12.1. The Labute approximate surface area is 122 Å². The SMILES string of the molecule is N=C(N)c1ccc(CN2C(=O)COc3ccccc32)cc1. The Kier molecular flexibility index (Phi) is 3.31. The van der Waals surface area contributed by atoms with E-state index in [2.05, 4.69) is 0 Å². The summed E-state index contributed by atoms with van der Waals surface area (Å²) in [4.78, 5) is 13.8. The van der Waals surface area contributed by atoms with E-state index in [0.717, 1.165) is 17.0 Å². The molecule has 3 N–H and O–H groups in total. The lowest BCUT2D eigenvalue weighted by atomic mass is 10.1. The predicted molar refractivity (Wildman–Crippen MR) is 80.6 cm³/mol. The molecular formula is C16H15N3O2. The summed E-state index contributed by atoms with van der Waals surface area (Å²) in [5.74, 6) is 0.691. The Morgan fingerprint density at radius 3 is 2.62 bits per heavy atom. The zero-order valence-electron chi connectivity index (χ0n) is 11.4. The number of carbonyl (C=O) groups is 1. The third-order valence-electron chi connectivity index (χ3n) is 3.41. The van der Waals surface area contributed by atoms with Crippen LogP contribution in [0.15, 0.2) is 48.5 Å². The van der Waals surface area contributed by atoms with Gasteiger partial charge in [0.25, 0.3) is 5.91 Å². The number of para-hydroxylation sites is 2. The highest BCUT2D eigenvalue weighted by Crippen LogP contribution is 2.32. The van der Waals surface area contributed by atoms with Crippen LogP contribution in [0.5, 0.6) is 5.75 Å². The molecule has 0 unspecified atom stereocenters. The van der Waals surface area contributed by atoms with Gasteiger partial charge in [0.15, 0.2) is 6.61 Å². The average molecular weight is 281 g/mol. The molecule has 5 nitrogen and oxygen atoms in total. The van der Waals surface area contributed by atoms with Crippen molar-refractivity contribution in [2.45, 2.75) is 6.54 Å². The molecule has 0 aliphatic carbocycles. The maximum absolute atomic E-state index is 12.1. The van der Waals surface area contributed by atoms with Gasteiger partial charge in [-0.15, -0.1) is 0 Å². The molecule has 5 heteroatoms. The minimum atomic E-state index is -0.0654. The van der Waals surface area contributed by atoms with Crippen molar-refractivity contribution in [1.82, 2.24) is 0 Å². The number of nitrogen functional groups attached to an aromatic ring is 1. The molecular weight excluding hydrogens is 266 g/mol. The van der Waals surface area contributed by atoms with E-state index < -0.39 is 0 Å². The first-order valence-electron chi connectivity index (χ1n) is 6.60. The van der Waals surface area contributed by atoms with Gasteiger partial charge < -0.3 is 15.4 Å². The van der Waals surface area contributed by atoms with Gasteiger partial charge in [0.05, 0.1) is 12.2 Å². The molecule has 0 atom stereocenters. The van der Waals surface area contributed by atoms with Crippen LogP contribution in [0.4, 0.5) is 5.69 Å². The normalized spacial score (nSPS) is 13.5. The van der Waals surface area contributed by atoms with Gasteiger partial charge in [-0.25, -0.2) is 0 Å². The van der Waals surface area contributed by atoms with Gasteiger partial charge in [-0.05, 0) is 17.7 Å². The van der Waals surface area contributed by atoms with Crippen molar-refractivity contribution >= 4 is 17.4 Å². The summed E-state index contributed by atoms with van der Waals surface area (Å²) in [6.07, 6.45) is 0. The number of carbonyl (C=O) groups excluding carboxylic acids is 1. The fourth-order valence-corrected chi connectivity index (χ4v) is 2.30. The van der Waals surface area contributed by atoms with Gasteiger partial charge in [-0.1, -0.05) is 36.4 Å². The second-order valence-electron chi connectivity index (χ2n) is 4.85. The van der Waals surface area contributed by atoms with Gasteiger partial charge in [-0.3, -0.25) is 10.2 Å². The summed E-state index contributed by atoms with van der Waals surface area (Å²) in [7, 11) is 0. The smallest absolute Gasteiger partial charge is 0.265 e. The van der Waals surface area contributed by atoms with Crippen molar-refractivity contribution in [3.05, 3.63) is 59.7 Å². The van der Waals surface area contributed by atoms with Crippen molar-refractivity contribution in [3.63, 3.8) is 0 Å². The lowest BCUT2D eigenvalue weighted by Gasteiger charge is -2.29. The quantitative estimate of drug-likeness (QED) is 0.666.